The highest BCUT2D eigenvalue weighted by atomic mass is 35.5. The molecule has 0 spiro atoms. The van der Waals surface area contributed by atoms with Gasteiger partial charge in [0.1, 0.15) is 5.75 Å². The molecule has 0 atom stereocenters. The molecule has 146 valence electrons. The van der Waals surface area contributed by atoms with Crippen molar-refractivity contribution in [3.63, 3.8) is 0 Å². The number of amides is 1. The summed E-state index contributed by atoms with van der Waals surface area (Å²) in [7, 11) is 0. The molecule has 0 fully saturated rings. The summed E-state index contributed by atoms with van der Waals surface area (Å²) in [5, 5.41) is 18.6. The van der Waals surface area contributed by atoms with Gasteiger partial charge in [0.05, 0.1) is 12.1 Å². The Balaban J connectivity index is 1.52. The molecule has 4 rings (SSSR count). The van der Waals surface area contributed by atoms with E-state index in [1.807, 2.05) is 59.3 Å². The number of para-hydroxylation sites is 1. The number of rotatable bonds is 6. The van der Waals surface area contributed by atoms with Crippen LogP contribution >= 0.6 is 11.6 Å². The van der Waals surface area contributed by atoms with Crippen molar-refractivity contribution in [2.45, 2.75) is 13.0 Å². The van der Waals surface area contributed by atoms with E-state index < -0.39 is 0 Å². The quantitative estimate of drug-likeness (QED) is 0.499. The number of nitrogens with one attached hydrogen (secondary N) is 1. The van der Waals surface area contributed by atoms with E-state index in [-0.39, 0.29) is 11.7 Å². The summed E-state index contributed by atoms with van der Waals surface area (Å²) >= 11 is 5.97. The molecule has 0 bridgehead atoms. The minimum absolute atomic E-state index is 0.212. The van der Waals surface area contributed by atoms with Crippen molar-refractivity contribution in [3.8, 4) is 5.75 Å². The lowest BCUT2D eigenvalue weighted by molar-refractivity contribution is 0.0950. The van der Waals surface area contributed by atoms with E-state index in [9.17, 15) is 9.90 Å². The third-order valence-electron chi connectivity index (χ3n) is 4.73. The number of nitrogens with zero attached hydrogens (tertiary/aromatic N) is 2. The number of carbonyl (C=O) groups excluding carboxylic acids is 1. The van der Waals surface area contributed by atoms with Gasteiger partial charge in [-0.3, -0.25) is 9.48 Å². The van der Waals surface area contributed by atoms with Crippen LogP contribution in [0.5, 0.6) is 5.75 Å². The Morgan fingerprint density at radius 2 is 1.79 bits per heavy atom. The van der Waals surface area contributed by atoms with Crippen molar-refractivity contribution in [3.05, 3.63) is 94.6 Å². The standard InChI is InChI=1S/C23H20ClN3O2/c24-18-10-8-17(9-11-18)15-27-21-7-2-1-6-20(21)22(26-27)23(29)25-13-12-16-4-3-5-19(28)14-16/h1-11,14,28H,12-13,15H2,(H,25,29). The molecule has 6 heteroatoms. The Bertz CT molecular complexity index is 1150. The Hall–Kier alpha value is -3.31. The lowest BCUT2D eigenvalue weighted by Crippen LogP contribution is -2.26. The minimum atomic E-state index is -0.212. The van der Waals surface area contributed by atoms with Crippen LogP contribution < -0.4 is 5.32 Å². The van der Waals surface area contributed by atoms with Crippen LogP contribution in [0.3, 0.4) is 0 Å². The molecular weight excluding hydrogens is 386 g/mol. The fourth-order valence-electron chi connectivity index (χ4n) is 3.29. The zero-order chi connectivity index (χ0) is 20.2. The Kier molecular flexibility index (Phi) is 5.49. The number of phenols is 1. The zero-order valence-electron chi connectivity index (χ0n) is 15.7. The van der Waals surface area contributed by atoms with Crippen LogP contribution in [-0.4, -0.2) is 27.3 Å². The molecular formula is C23H20ClN3O2. The Morgan fingerprint density at radius 1 is 1.00 bits per heavy atom. The predicted molar refractivity (Wildman–Crippen MR) is 114 cm³/mol. The number of hydrogen-bond donors (Lipinski definition) is 2. The van der Waals surface area contributed by atoms with Crippen LogP contribution in [0.25, 0.3) is 10.9 Å². The van der Waals surface area contributed by atoms with E-state index in [0.717, 1.165) is 22.0 Å². The summed E-state index contributed by atoms with van der Waals surface area (Å²) < 4.78 is 1.84. The first-order valence-electron chi connectivity index (χ1n) is 9.36. The highest BCUT2D eigenvalue weighted by molar-refractivity contribution is 6.30. The maximum atomic E-state index is 12.8. The average molecular weight is 406 g/mol. The molecule has 5 nitrogen and oxygen atoms in total. The van der Waals surface area contributed by atoms with Crippen LogP contribution in [0, 0.1) is 0 Å². The lowest BCUT2D eigenvalue weighted by atomic mass is 10.1. The molecule has 3 aromatic carbocycles. The lowest BCUT2D eigenvalue weighted by Gasteiger charge is -2.05. The SMILES string of the molecule is O=C(NCCc1cccc(O)c1)c1nn(Cc2ccc(Cl)cc2)c2ccccc12. The summed E-state index contributed by atoms with van der Waals surface area (Å²) in [6.45, 7) is 1.01. The fraction of sp³-hybridized carbons (Fsp3) is 0.130. The van der Waals surface area contributed by atoms with Crippen LogP contribution in [0.2, 0.25) is 5.02 Å². The molecule has 0 saturated carbocycles. The Labute approximate surface area is 173 Å². The molecule has 0 radical (unpaired) electrons. The largest absolute Gasteiger partial charge is 0.508 e. The van der Waals surface area contributed by atoms with E-state index in [1.54, 1.807) is 18.2 Å². The first-order valence-corrected chi connectivity index (χ1v) is 9.74. The van der Waals surface area contributed by atoms with Gasteiger partial charge in [-0.05, 0) is 47.9 Å². The van der Waals surface area contributed by atoms with Crippen LogP contribution in [-0.2, 0) is 13.0 Å². The molecule has 2 N–H and O–H groups in total. The van der Waals surface area contributed by atoms with Gasteiger partial charge < -0.3 is 10.4 Å². The van der Waals surface area contributed by atoms with Gasteiger partial charge in [0.2, 0.25) is 0 Å². The van der Waals surface area contributed by atoms with Gasteiger partial charge in [-0.2, -0.15) is 5.10 Å². The van der Waals surface area contributed by atoms with Crippen molar-refractivity contribution in [2.24, 2.45) is 0 Å². The third-order valence-corrected chi connectivity index (χ3v) is 4.98. The summed E-state index contributed by atoms with van der Waals surface area (Å²) in [5.41, 5.74) is 3.33. The molecule has 0 aliphatic heterocycles. The molecule has 4 aromatic rings. The molecule has 1 aromatic heterocycles. The summed E-state index contributed by atoms with van der Waals surface area (Å²) in [5.74, 6) is 0.0111. The van der Waals surface area contributed by atoms with Gasteiger partial charge in [0.15, 0.2) is 5.69 Å². The molecule has 0 aliphatic carbocycles. The molecule has 0 unspecified atom stereocenters. The van der Waals surface area contributed by atoms with Gasteiger partial charge in [-0.25, -0.2) is 0 Å². The van der Waals surface area contributed by atoms with Crippen molar-refractivity contribution in [1.29, 1.82) is 0 Å². The van der Waals surface area contributed by atoms with Gasteiger partial charge in [0.25, 0.3) is 5.91 Å². The number of halogens is 1. The molecule has 0 saturated heterocycles. The van der Waals surface area contributed by atoms with E-state index >= 15 is 0 Å². The number of aromatic nitrogens is 2. The highest BCUT2D eigenvalue weighted by Crippen LogP contribution is 2.20. The topological polar surface area (TPSA) is 67.2 Å². The van der Waals surface area contributed by atoms with Crippen LogP contribution in [0.1, 0.15) is 21.6 Å². The number of carbonyl (C=O) groups is 1. The molecule has 29 heavy (non-hydrogen) atoms. The second kappa shape index (κ2) is 8.37. The minimum Gasteiger partial charge on any atom is -0.508 e. The maximum Gasteiger partial charge on any atom is 0.272 e. The number of hydrogen-bond acceptors (Lipinski definition) is 3. The summed E-state index contributed by atoms with van der Waals surface area (Å²) in [4.78, 5) is 12.8. The second-order valence-corrected chi connectivity index (χ2v) is 7.26. The number of aromatic hydroxyl groups is 1. The third kappa shape index (κ3) is 4.41. The van der Waals surface area contributed by atoms with E-state index in [4.69, 9.17) is 11.6 Å². The highest BCUT2D eigenvalue weighted by Gasteiger charge is 2.16. The predicted octanol–water partition coefficient (Wildman–Crippen LogP) is 4.42. The van der Waals surface area contributed by atoms with Gasteiger partial charge >= 0.3 is 0 Å². The fourth-order valence-corrected chi connectivity index (χ4v) is 3.42. The van der Waals surface area contributed by atoms with Crippen molar-refractivity contribution < 1.29 is 9.90 Å². The second-order valence-electron chi connectivity index (χ2n) is 6.83. The smallest absolute Gasteiger partial charge is 0.272 e. The first-order chi connectivity index (χ1) is 14.1. The van der Waals surface area contributed by atoms with Gasteiger partial charge in [-0.1, -0.05) is 54.1 Å². The van der Waals surface area contributed by atoms with Crippen molar-refractivity contribution in [1.82, 2.24) is 15.1 Å². The Morgan fingerprint density at radius 3 is 2.59 bits per heavy atom. The van der Waals surface area contributed by atoms with E-state index in [2.05, 4.69) is 10.4 Å². The number of fused-ring (bicyclic) bond motifs is 1. The maximum absolute atomic E-state index is 12.8. The summed E-state index contributed by atoms with van der Waals surface area (Å²) in [6.07, 6.45) is 0.629. The molecule has 1 heterocycles. The van der Waals surface area contributed by atoms with Crippen LogP contribution in [0.15, 0.2) is 72.8 Å². The van der Waals surface area contributed by atoms with E-state index in [0.29, 0.717) is 30.2 Å². The summed E-state index contributed by atoms with van der Waals surface area (Å²) in [6, 6.07) is 22.3. The number of benzene rings is 3. The zero-order valence-corrected chi connectivity index (χ0v) is 16.4. The normalized spacial score (nSPS) is 10.9. The van der Waals surface area contributed by atoms with Crippen molar-refractivity contribution in [2.75, 3.05) is 6.54 Å². The number of phenolic OH excluding ortho intramolecular Hbond substituents is 1. The van der Waals surface area contributed by atoms with Crippen molar-refractivity contribution >= 4 is 28.4 Å². The molecule has 1 amide bonds. The van der Waals surface area contributed by atoms with E-state index in [1.165, 1.54) is 0 Å². The van der Waals surface area contributed by atoms with Crippen LogP contribution in [0.4, 0.5) is 0 Å². The molecule has 0 aliphatic rings. The monoisotopic (exact) mass is 405 g/mol. The van der Waals surface area contributed by atoms with Gasteiger partial charge in [-0.15, -0.1) is 0 Å². The van der Waals surface area contributed by atoms with Gasteiger partial charge in [0, 0.05) is 17.0 Å². The average Bonchev–Trinajstić information content (AvgIpc) is 3.08. The first kappa shape index (κ1) is 19.0.